The molecule has 0 aliphatic carbocycles. The van der Waals surface area contributed by atoms with Crippen molar-refractivity contribution in [2.45, 2.75) is 31.4 Å². The Bertz CT molecular complexity index is 1370. The van der Waals surface area contributed by atoms with E-state index in [1.54, 1.807) is 15.4 Å². The van der Waals surface area contributed by atoms with Crippen LogP contribution in [0.1, 0.15) is 30.9 Å². The van der Waals surface area contributed by atoms with Crippen molar-refractivity contribution in [3.05, 3.63) is 66.1 Å². The van der Waals surface area contributed by atoms with E-state index < -0.39 is 11.6 Å². The molecule has 2 fully saturated rings. The highest BCUT2D eigenvalue weighted by molar-refractivity contribution is 5.77. The Balaban J connectivity index is 1.38. The molecule has 1 unspecified atom stereocenters. The number of nitrogens with two attached hydrogens (primary N) is 1. The molecule has 5 heterocycles. The monoisotopic (exact) mass is 465 g/mol. The summed E-state index contributed by atoms with van der Waals surface area (Å²) in [7, 11) is 0. The van der Waals surface area contributed by atoms with E-state index in [9.17, 15) is 13.9 Å². The van der Waals surface area contributed by atoms with Gasteiger partial charge in [0, 0.05) is 37.1 Å². The molecule has 4 aromatic rings. The number of aliphatic hydroxyl groups is 1. The summed E-state index contributed by atoms with van der Waals surface area (Å²) in [6, 6.07) is 7.26. The molecule has 2 atom stereocenters. The van der Waals surface area contributed by atoms with Crippen molar-refractivity contribution in [2.75, 3.05) is 35.2 Å². The van der Waals surface area contributed by atoms with Crippen LogP contribution < -0.4 is 15.5 Å². The Labute approximate surface area is 194 Å². The van der Waals surface area contributed by atoms with Crippen LogP contribution in [0.25, 0.3) is 11.2 Å². The van der Waals surface area contributed by atoms with Crippen molar-refractivity contribution in [1.29, 1.82) is 0 Å². The second-order valence-electron chi connectivity index (χ2n) is 9.00. The predicted molar refractivity (Wildman–Crippen MR) is 125 cm³/mol. The molecule has 0 bridgehead atoms. The number of aliphatic hydroxyl groups excluding tert-OH is 1. The maximum atomic E-state index is 14.6. The van der Waals surface area contributed by atoms with Crippen molar-refractivity contribution in [1.82, 2.24) is 19.4 Å². The average Bonchev–Trinajstić information content (AvgIpc) is 3.60. The first-order valence-corrected chi connectivity index (χ1v) is 11.5. The van der Waals surface area contributed by atoms with Crippen molar-refractivity contribution < 1.29 is 13.9 Å². The summed E-state index contributed by atoms with van der Waals surface area (Å²) in [5.41, 5.74) is 9.86. The Kier molecular flexibility index (Phi) is 4.91. The smallest absolute Gasteiger partial charge is 0.172 e. The van der Waals surface area contributed by atoms with Crippen LogP contribution in [0.15, 0.2) is 48.9 Å². The second-order valence-corrected chi connectivity index (χ2v) is 9.00. The molecule has 1 aromatic carbocycles. The molecule has 0 spiro atoms. The molecule has 3 N–H and O–H groups in total. The van der Waals surface area contributed by atoms with Crippen molar-refractivity contribution in [3.8, 4) is 5.69 Å². The largest absolute Gasteiger partial charge is 0.391 e. The number of β-amino-alcohol motifs (C(OH)–C–C–N with tert-alkyl or cyclic N) is 1. The number of hydrogen-bond acceptors (Lipinski definition) is 6. The van der Waals surface area contributed by atoms with Crippen LogP contribution in [0.2, 0.25) is 0 Å². The summed E-state index contributed by atoms with van der Waals surface area (Å²) in [6.07, 6.45) is 7.49. The van der Waals surface area contributed by atoms with Gasteiger partial charge in [-0.2, -0.15) is 5.10 Å². The summed E-state index contributed by atoms with van der Waals surface area (Å²) >= 11 is 0. The van der Waals surface area contributed by atoms with Gasteiger partial charge < -0.3 is 20.6 Å². The van der Waals surface area contributed by atoms with Gasteiger partial charge in [0.25, 0.3) is 0 Å². The Morgan fingerprint density at radius 2 is 1.94 bits per heavy atom. The summed E-state index contributed by atoms with van der Waals surface area (Å²) in [6.45, 7) is 2.08. The molecule has 2 aliphatic heterocycles. The fourth-order valence-electron chi connectivity index (χ4n) is 5.20. The lowest BCUT2D eigenvalue weighted by Crippen LogP contribution is -2.23. The highest BCUT2D eigenvalue weighted by Gasteiger charge is 2.30. The van der Waals surface area contributed by atoms with Crippen LogP contribution in [-0.4, -0.2) is 50.2 Å². The van der Waals surface area contributed by atoms with Gasteiger partial charge in [0.15, 0.2) is 5.82 Å². The Morgan fingerprint density at radius 3 is 2.76 bits per heavy atom. The van der Waals surface area contributed by atoms with E-state index in [1.165, 1.54) is 12.1 Å². The van der Waals surface area contributed by atoms with Crippen molar-refractivity contribution in [3.63, 3.8) is 0 Å². The minimum atomic E-state index is -0.440. The molecule has 0 saturated carbocycles. The van der Waals surface area contributed by atoms with Gasteiger partial charge in [-0.15, -0.1) is 5.10 Å². The minimum Gasteiger partial charge on any atom is -0.391 e. The molecule has 10 heteroatoms. The molecular weight excluding hydrogens is 440 g/mol. The van der Waals surface area contributed by atoms with E-state index in [2.05, 4.69) is 20.0 Å². The number of anilines is 3. The van der Waals surface area contributed by atoms with Gasteiger partial charge in [-0.3, -0.25) is 0 Å². The number of pyridine rings is 1. The first kappa shape index (κ1) is 20.9. The van der Waals surface area contributed by atoms with E-state index in [4.69, 9.17) is 5.73 Å². The maximum Gasteiger partial charge on any atom is 0.172 e. The summed E-state index contributed by atoms with van der Waals surface area (Å²) in [4.78, 5) is 4.19. The van der Waals surface area contributed by atoms with Crippen LogP contribution >= 0.6 is 0 Å². The van der Waals surface area contributed by atoms with E-state index in [0.717, 1.165) is 55.3 Å². The standard InChI is InChI=1S/C24H25F2N7O/c25-15-3-4-20(26)19(10-15)21-2-1-7-31(21)16-5-9-32-22(11-16)23(24(27)29-32)33-13-17(12-28-33)30-8-6-18(34)14-30/h3-5,9-13,18,21,34H,1-2,6-8,14H2,(H2,27,29)/t18?,21-/m1/s1. The van der Waals surface area contributed by atoms with Gasteiger partial charge in [-0.25, -0.2) is 18.0 Å². The fourth-order valence-corrected chi connectivity index (χ4v) is 5.20. The van der Waals surface area contributed by atoms with E-state index in [-0.39, 0.29) is 12.1 Å². The predicted octanol–water partition coefficient (Wildman–Crippen LogP) is 3.29. The number of aromatic nitrogens is 4. The zero-order valence-corrected chi connectivity index (χ0v) is 18.5. The molecular formula is C24H25F2N7O. The Morgan fingerprint density at radius 1 is 1.06 bits per heavy atom. The first-order chi connectivity index (χ1) is 16.5. The number of nitrogens with zero attached hydrogens (tertiary/aromatic N) is 6. The number of benzene rings is 1. The topological polar surface area (TPSA) is 87.8 Å². The second kappa shape index (κ2) is 7.98. The third-order valence-corrected chi connectivity index (χ3v) is 6.85. The lowest BCUT2D eigenvalue weighted by Gasteiger charge is -2.27. The molecule has 2 saturated heterocycles. The van der Waals surface area contributed by atoms with Gasteiger partial charge in [0.05, 0.1) is 35.7 Å². The number of nitrogen functional groups attached to an aromatic ring is 1. The molecule has 176 valence electrons. The SMILES string of the molecule is Nc1nn2ccc(N3CCC[C@@H]3c3cc(F)ccc3F)cc2c1-n1cc(N2CCC(O)C2)cn1. The van der Waals surface area contributed by atoms with Crippen LogP contribution in [0, 0.1) is 11.6 Å². The average molecular weight is 466 g/mol. The third kappa shape index (κ3) is 3.45. The summed E-state index contributed by atoms with van der Waals surface area (Å²) in [5.74, 6) is -0.503. The lowest BCUT2D eigenvalue weighted by atomic mass is 10.0. The minimum absolute atomic E-state index is 0.250. The van der Waals surface area contributed by atoms with Crippen molar-refractivity contribution >= 4 is 22.7 Å². The number of fused-ring (bicyclic) bond motifs is 1. The van der Waals surface area contributed by atoms with Gasteiger partial charge in [0.2, 0.25) is 0 Å². The first-order valence-electron chi connectivity index (χ1n) is 11.5. The molecule has 3 aromatic heterocycles. The van der Waals surface area contributed by atoms with Gasteiger partial charge >= 0.3 is 0 Å². The quantitative estimate of drug-likeness (QED) is 0.481. The van der Waals surface area contributed by atoms with E-state index in [1.807, 2.05) is 24.5 Å². The molecule has 6 rings (SSSR count). The van der Waals surface area contributed by atoms with Gasteiger partial charge in [-0.1, -0.05) is 0 Å². The third-order valence-electron chi connectivity index (χ3n) is 6.85. The van der Waals surface area contributed by atoms with Crippen LogP contribution in [0.3, 0.4) is 0 Å². The molecule has 8 nitrogen and oxygen atoms in total. The normalized spacial score (nSPS) is 20.7. The zero-order chi connectivity index (χ0) is 23.4. The van der Waals surface area contributed by atoms with Crippen molar-refractivity contribution in [2.24, 2.45) is 0 Å². The highest BCUT2D eigenvalue weighted by Crippen LogP contribution is 2.38. The fraction of sp³-hybridized carbons (Fsp3) is 0.333. The number of hydrogen-bond donors (Lipinski definition) is 2. The number of halogens is 2. The molecule has 2 aliphatic rings. The van der Waals surface area contributed by atoms with Crippen LogP contribution in [0.4, 0.5) is 26.0 Å². The molecule has 34 heavy (non-hydrogen) atoms. The summed E-state index contributed by atoms with van der Waals surface area (Å²) < 4.78 is 31.8. The maximum absolute atomic E-state index is 14.6. The van der Waals surface area contributed by atoms with Gasteiger partial charge in [0.1, 0.15) is 17.3 Å². The van der Waals surface area contributed by atoms with Crippen LogP contribution in [-0.2, 0) is 0 Å². The number of rotatable bonds is 4. The van der Waals surface area contributed by atoms with E-state index >= 15 is 0 Å². The lowest BCUT2D eigenvalue weighted by molar-refractivity contribution is 0.198. The van der Waals surface area contributed by atoms with E-state index in [0.29, 0.717) is 23.6 Å². The molecule has 0 amide bonds. The van der Waals surface area contributed by atoms with Crippen LogP contribution in [0.5, 0.6) is 0 Å². The van der Waals surface area contributed by atoms with Gasteiger partial charge in [-0.05, 0) is 49.6 Å². The molecule has 0 radical (unpaired) electrons. The Hall–Kier alpha value is -3.66. The highest BCUT2D eigenvalue weighted by atomic mass is 19.1. The zero-order valence-electron chi connectivity index (χ0n) is 18.5. The summed E-state index contributed by atoms with van der Waals surface area (Å²) in [5, 5.41) is 18.8.